The van der Waals surface area contributed by atoms with Crippen LogP contribution in [0.2, 0.25) is 0 Å². The van der Waals surface area contributed by atoms with Crippen molar-refractivity contribution in [1.29, 1.82) is 0 Å². The molecule has 0 radical (unpaired) electrons. The largest absolute Gasteiger partial charge is 0.497 e. The molecule has 138 valence electrons. The van der Waals surface area contributed by atoms with Crippen molar-refractivity contribution in [3.05, 3.63) is 59.7 Å². The average Bonchev–Trinajstić information content (AvgIpc) is 2.69. The minimum atomic E-state index is -0.00580. The first-order chi connectivity index (χ1) is 12.7. The number of hydrogen-bond acceptors (Lipinski definition) is 4. The van der Waals surface area contributed by atoms with E-state index in [1.54, 1.807) is 7.11 Å². The van der Waals surface area contributed by atoms with E-state index < -0.39 is 0 Å². The van der Waals surface area contributed by atoms with Crippen LogP contribution in [0.4, 0.5) is 5.69 Å². The summed E-state index contributed by atoms with van der Waals surface area (Å²) in [7, 11) is 1.64. The summed E-state index contributed by atoms with van der Waals surface area (Å²) in [5.74, 6) is 3.29. The zero-order chi connectivity index (χ0) is 18.2. The van der Waals surface area contributed by atoms with Crippen LogP contribution in [0, 0.1) is 0 Å². The Kier molecular flexibility index (Phi) is 6.97. The van der Waals surface area contributed by atoms with Crippen molar-refractivity contribution in [1.82, 2.24) is 4.90 Å². The Hall–Kier alpha value is -1.98. The van der Waals surface area contributed by atoms with Crippen molar-refractivity contribution in [3.8, 4) is 5.75 Å². The van der Waals surface area contributed by atoms with Gasteiger partial charge >= 0.3 is 0 Å². The normalized spacial score (nSPS) is 14.8. The van der Waals surface area contributed by atoms with Gasteiger partial charge in [-0.05, 0) is 41.8 Å². The molecule has 1 aliphatic rings. The van der Waals surface area contributed by atoms with E-state index in [0.717, 1.165) is 30.0 Å². The summed E-state index contributed by atoms with van der Waals surface area (Å²) in [6.07, 6.45) is 1.42. The number of amides is 1. The SMILES string of the molecule is COc1ccc(CC(=O)Nc2ccc(CCN3CCSCC3)cc2)cc1. The number of anilines is 1. The molecule has 0 atom stereocenters. The summed E-state index contributed by atoms with van der Waals surface area (Å²) in [5.41, 5.74) is 3.14. The lowest BCUT2D eigenvalue weighted by atomic mass is 10.1. The van der Waals surface area contributed by atoms with E-state index in [-0.39, 0.29) is 5.91 Å². The summed E-state index contributed by atoms with van der Waals surface area (Å²) >= 11 is 2.04. The highest BCUT2D eigenvalue weighted by atomic mass is 32.2. The van der Waals surface area contributed by atoms with Gasteiger partial charge in [0.25, 0.3) is 0 Å². The third kappa shape index (κ3) is 5.78. The van der Waals surface area contributed by atoms with Gasteiger partial charge in [-0.25, -0.2) is 0 Å². The molecular weight excluding hydrogens is 344 g/mol. The maximum atomic E-state index is 12.2. The fourth-order valence-corrected chi connectivity index (χ4v) is 3.98. The maximum Gasteiger partial charge on any atom is 0.228 e. The summed E-state index contributed by atoms with van der Waals surface area (Å²) in [6.45, 7) is 3.51. The summed E-state index contributed by atoms with van der Waals surface area (Å²) in [4.78, 5) is 14.7. The number of carbonyl (C=O) groups excluding carboxylic acids is 1. The molecule has 1 heterocycles. The highest BCUT2D eigenvalue weighted by Crippen LogP contribution is 2.15. The lowest BCUT2D eigenvalue weighted by Crippen LogP contribution is -2.34. The standard InChI is InChI=1S/C21H26N2O2S/c1-25-20-8-4-18(5-9-20)16-21(24)22-19-6-2-17(3-7-19)10-11-23-12-14-26-15-13-23/h2-9H,10-16H2,1H3,(H,22,24). The van der Waals surface area contributed by atoms with E-state index in [1.807, 2.05) is 48.2 Å². The number of rotatable bonds is 7. The molecule has 2 aromatic carbocycles. The van der Waals surface area contributed by atoms with Crippen molar-refractivity contribution >= 4 is 23.4 Å². The van der Waals surface area contributed by atoms with Gasteiger partial charge in [-0.3, -0.25) is 4.79 Å². The first-order valence-electron chi connectivity index (χ1n) is 9.05. The molecular formula is C21H26N2O2S. The lowest BCUT2D eigenvalue weighted by molar-refractivity contribution is -0.115. The molecule has 0 spiro atoms. The van der Waals surface area contributed by atoms with Crippen molar-refractivity contribution in [3.63, 3.8) is 0 Å². The van der Waals surface area contributed by atoms with E-state index in [2.05, 4.69) is 22.3 Å². The van der Waals surface area contributed by atoms with Gasteiger partial charge in [-0.1, -0.05) is 24.3 Å². The number of ether oxygens (including phenoxy) is 1. The van der Waals surface area contributed by atoms with Gasteiger partial charge in [0.1, 0.15) is 5.75 Å². The zero-order valence-corrected chi connectivity index (χ0v) is 16.1. The monoisotopic (exact) mass is 370 g/mol. The number of nitrogens with zero attached hydrogens (tertiary/aromatic N) is 1. The lowest BCUT2D eigenvalue weighted by Gasteiger charge is -2.26. The van der Waals surface area contributed by atoms with Crippen molar-refractivity contribution in [2.75, 3.05) is 43.6 Å². The third-order valence-electron chi connectivity index (χ3n) is 4.58. The summed E-state index contributed by atoms with van der Waals surface area (Å²) in [6, 6.07) is 15.8. The molecule has 1 aliphatic heterocycles. The predicted molar refractivity (Wildman–Crippen MR) is 109 cm³/mol. The molecule has 0 bridgehead atoms. The molecule has 0 aliphatic carbocycles. The number of thioether (sulfide) groups is 1. The molecule has 1 fully saturated rings. The van der Waals surface area contributed by atoms with E-state index in [4.69, 9.17) is 4.74 Å². The first kappa shape index (κ1) is 18.8. The fraction of sp³-hybridized carbons (Fsp3) is 0.381. The van der Waals surface area contributed by atoms with Crippen molar-refractivity contribution in [2.24, 2.45) is 0 Å². The van der Waals surface area contributed by atoms with Crippen LogP contribution in [0.1, 0.15) is 11.1 Å². The van der Waals surface area contributed by atoms with Gasteiger partial charge in [-0.15, -0.1) is 0 Å². The number of nitrogens with one attached hydrogen (secondary N) is 1. The highest BCUT2D eigenvalue weighted by Gasteiger charge is 2.10. The van der Waals surface area contributed by atoms with Crippen LogP contribution < -0.4 is 10.1 Å². The molecule has 0 saturated carbocycles. The quantitative estimate of drug-likeness (QED) is 0.810. The van der Waals surface area contributed by atoms with Gasteiger partial charge in [0, 0.05) is 36.8 Å². The summed E-state index contributed by atoms with van der Waals surface area (Å²) < 4.78 is 5.13. The molecule has 4 nitrogen and oxygen atoms in total. The Morgan fingerprint density at radius 1 is 1.04 bits per heavy atom. The topological polar surface area (TPSA) is 41.6 Å². The molecule has 5 heteroatoms. The minimum absolute atomic E-state index is 0.00580. The van der Waals surface area contributed by atoms with Crippen LogP contribution >= 0.6 is 11.8 Å². The predicted octanol–water partition coefficient (Wildman–Crippen LogP) is 3.47. The second-order valence-corrected chi connectivity index (χ2v) is 7.70. The van der Waals surface area contributed by atoms with Crippen LogP contribution in [0.5, 0.6) is 5.75 Å². The van der Waals surface area contributed by atoms with Gasteiger partial charge in [0.2, 0.25) is 5.91 Å². The van der Waals surface area contributed by atoms with Crippen LogP contribution in [-0.4, -0.2) is 49.1 Å². The number of methoxy groups -OCH3 is 1. The number of carbonyl (C=O) groups is 1. The van der Waals surface area contributed by atoms with E-state index >= 15 is 0 Å². The number of benzene rings is 2. The van der Waals surface area contributed by atoms with Crippen LogP contribution in [0.3, 0.4) is 0 Å². The summed E-state index contributed by atoms with van der Waals surface area (Å²) in [5, 5.41) is 2.97. The Balaban J connectivity index is 1.46. The van der Waals surface area contributed by atoms with Gasteiger partial charge in [0.05, 0.1) is 13.5 Å². The van der Waals surface area contributed by atoms with Crippen molar-refractivity contribution in [2.45, 2.75) is 12.8 Å². The molecule has 1 amide bonds. The Morgan fingerprint density at radius 2 is 1.69 bits per heavy atom. The minimum Gasteiger partial charge on any atom is -0.497 e. The second-order valence-electron chi connectivity index (χ2n) is 6.47. The Morgan fingerprint density at radius 3 is 2.35 bits per heavy atom. The number of hydrogen-bond donors (Lipinski definition) is 1. The molecule has 26 heavy (non-hydrogen) atoms. The highest BCUT2D eigenvalue weighted by molar-refractivity contribution is 7.99. The first-order valence-corrected chi connectivity index (χ1v) is 10.2. The Labute approximate surface area is 159 Å². The molecule has 2 aromatic rings. The second kappa shape index (κ2) is 9.64. The average molecular weight is 371 g/mol. The fourth-order valence-electron chi connectivity index (χ4n) is 3.00. The van der Waals surface area contributed by atoms with Gasteiger partial charge in [-0.2, -0.15) is 11.8 Å². The smallest absolute Gasteiger partial charge is 0.228 e. The molecule has 0 unspecified atom stereocenters. The van der Waals surface area contributed by atoms with Crippen molar-refractivity contribution < 1.29 is 9.53 Å². The van der Waals surface area contributed by atoms with Gasteiger partial charge < -0.3 is 15.0 Å². The van der Waals surface area contributed by atoms with Crippen LogP contribution in [-0.2, 0) is 17.6 Å². The molecule has 0 aromatic heterocycles. The third-order valence-corrected chi connectivity index (χ3v) is 5.52. The molecule has 1 N–H and O–H groups in total. The van der Waals surface area contributed by atoms with E-state index in [0.29, 0.717) is 6.42 Å². The molecule has 1 saturated heterocycles. The van der Waals surface area contributed by atoms with E-state index in [9.17, 15) is 4.79 Å². The van der Waals surface area contributed by atoms with E-state index in [1.165, 1.54) is 30.2 Å². The maximum absolute atomic E-state index is 12.2. The van der Waals surface area contributed by atoms with Gasteiger partial charge in [0.15, 0.2) is 0 Å². The van der Waals surface area contributed by atoms with Crippen LogP contribution in [0.15, 0.2) is 48.5 Å². The Bertz CT molecular complexity index is 695. The van der Waals surface area contributed by atoms with Crippen LogP contribution in [0.25, 0.3) is 0 Å². The molecule has 3 rings (SSSR count). The zero-order valence-electron chi connectivity index (χ0n) is 15.2.